The third-order valence-electron chi connectivity index (χ3n) is 5.11. The van der Waals surface area contributed by atoms with Gasteiger partial charge in [-0.25, -0.2) is 0 Å². The molecule has 1 fully saturated rings. The maximum atomic E-state index is 13.1. The Labute approximate surface area is 171 Å². The number of aryl methyl sites for hydroxylation is 1. The Morgan fingerprint density at radius 1 is 0.967 bits per heavy atom. The van der Waals surface area contributed by atoms with Crippen LogP contribution in [0.5, 0.6) is 17.2 Å². The van der Waals surface area contributed by atoms with E-state index in [9.17, 15) is 23.5 Å². The van der Waals surface area contributed by atoms with E-state index in [2.05, 4.69) is 9.47 Å². The van der Waals surface area contributed by atoms with Gasteiger partial charge in [0.1, 0.15) is 5.75 Å². The van der Waals surface area contributed by atoms with Crippen LogP contribution in [0, 0.1) is 0 Å². The number of piperazine rings is 1. The number of aromatic hydroxyl groups is 1. The number of rotatable bonds is 4. The summed E-state index contributed by atoms with van der Waals surface area (Å²) < 4.78 is 35.0. The molecule has 4 rings (SSSR count). The number of benzene rings is 2. The van der Waals surface area contributed by atoms with Gasteiger partial charge in [0.15, 0.2) is 11.5 Å². The van der Waals surface area contributed by atoms with E-state index in [1.165, 1.54) is 24.3 Å². The van der Waals surface area contributed by atoms with E-state index in [0.29, 0.717) is 43.7 Å². The van der Waals surface area contributed by atoms with Crippen LogP contribution in [0.25, 0.3) is 0 Å². The van der Waals surface area contributed by atoms with Crippen LogP contribution < -0.4 is 9.47 Å². The first-order valence-corrected chi connectivity index (χ1v) is 9.55. The summed E-state index contributed by atoms with van der Waals surface area (Å²) in [6.45, 7) is 1.63. The number of hydrogen-bond acceptors (Lipinski definition) is 5. The second kappa shape index (κ2) is 7.81. The topological polar surface area (TPSA) is 79.3 Å². The van der Waals surface area contributed by atoms with E-state index in [1.807, 2.05) is 0 Å². The third kappa shape index (κ3) is 4.29. The Hall–Kier alpha value is -3.36. The third-order valence-corrected chi connectivity index (χ3v) is 5.11. The first kappa shape index (κ1) is 19.9. The lowest BCUT2D eigenvalue weighted by Crippen LogP contribution is -2.50. The quantitative estimate of drug-likeness (QED) is 0.826. The number of hydrogen-bond donors (Lipinski definition) is 1. The fourth-order valence-corrected chi connectivity index (χ4v) is 3.54. The molecule has 0 unspecified atom stereocenters. The second-order valence-electron chi connectivity index (χ2n) is 7.17. The van der Waals surface area contributed by atoms with Gasteiger partial charge in [-0.05, 0) is 42.3 Å². The number of amides is 2. The zero-order valence-electron chi connectivity index (χ0n) is 16.0. The van der Waals surface area contributed by atoms with Crippen LogP contribution in [0.4, 0.5) is 8.78 Å². The molecule has 7 nitrogen and oxygen atoms in total. The molecule has 2 amide bonds. The summed E-state index contributed by atoms with van der Waals surface area (Å²) in [6, 6.07) is 10.7. The lowest BCUT2D eigenvalue weighted by atomic mass is 10.1. The van der Waals surface area contributed by atoms with Gasteiger partial charge < -0.3 is 24.4 Å². The molecule has 0 aromatic heterocycles. The van der Waals surface area contributed by atoms with Gasteiger partial charge >= 0.3 is 6.29 Å². The van der Waals surface area contributed by atoms with Crippen molar-refractivity contribution in [2.75, 3.05) is 26.2 Å². The second-order valence-corrected chi connectivity index (χ2v) is 7.17. The first-order valence-electron chi connectivity index (χ1n) is 9.55. The number of carbonyl (C=O) groups excluding carboxylic acids is 2. The van der Waals surface area contributed by atoms with Crippen LogP contribution in [0.15, 0.2) is 42.5 Å². The molecule has 158 valence electrons. The fourth-order valence-electron chi connectivity index (χ4n) is 3.54. The number of ether oxygens (including phenoxy) is 2. The number of fused-ring (bicyclic) bond motifs is 1. The summed E-state index contributed by atoms with van der Waals surface area (Å²) in [7, 11) is 0. The Morgan fingerprint density at radius 3 is 2.40 bits per heavy atom. The molecule has 2 aromatic rings. The lowest BCUT2D eigenvalue weighted by Gasteiger charge is -2.35. The molecule has 30 heavy (non-hydrogen) atoms. The Kier molecular flexibility index (Phi) is 5.19. The van der Waals surface area contributed by atoms with Gasteiger partial charge in [-0.1, -0.05) is 12.1 Å². The van der Waals surface area contributed by atoms with Gasteiger partial charge in [0.05, 0.1) is 0 Å². The molecule has 2 aliphatic heterocycles. The number of halogens is 2. The molecule has 0 aliphatic carbocycles. The van der Waals surface area contributed by atoms with Gasteiger partial charge in [0.25, 0.3) is 5.91 Å². The molecular formula is C21H20F2N2O5. The highest BCUT2D eigenvalue weighted by Gasteiger charge is 2.43. The van der Waals surface area contributed by atoms with Crippen molar-refractivity contribution in [1.82, 2.24) is 9.80 Å². The molecule has 9 heteroatoms. The molecule has 0 atom stereocenters. The van der Waals surface area contributed by atoms with Crippen LogP contribution >= 0.6 is 0 Å². The van der Waals surface area contributed by atoms with E-state index >= 15 is 0 Å². The van der Waals surface area contributed by atoms with E-state index in [0.717, 1.165) is 0 Å². The number of phenols is 1. The van der Waals surface area contributed by atoms with Crippen molar-refractivity contribution in [2.24, 2.45) is 0 Å². The summed E-state index contributed by atoms with van der Waals surface area (Å²) in [5.41, 5.74) is 1.10. The summed E-state index contributed by atoms with van der Waals surface area (Å²) in [4.78, 5) is 28.4. The van der Waals surface area contributed by atoms with Crippen molar-refractivity contribution in [1.29, 1.82) is 0 Å². The Bertz CT molecular complexity index is 974. The highest BCUT2D eigenvalue weighted by atomic mass is 19.3. The minimum atomic E-state index is -3.66. The minimum Gasteiger partial charge on any atom is -0.508 e. The van der Waals surface area contributed by atoms with Crippen molar-refractivity contribution in [2.45, 2.75) is 19.1 Å². The van der Waals surface area contributed by atoms with Gasteiger partial charge in [0, 0.05) is 38.2 Å². The smallest absolute Gasteiger partial charge is 0.508 e. The molecule has 0 saturated carbocycles. The van der Waals surface area contributed by atoms with Gasteiger partial charge in [-0.3, -0.25) is 9.59 Å². The normalized spacial score (nSPS) is 17.1. The summed E-state index contributed by atoms with van der Waals surface area (Å²) >= 11 is 0. The van der Waals surface area contributed by atoms with Crippen molar-refractivity contribution >= 4 is 11.8 Å². The summed E-state index contributed by atoms with van der Waals surface area (Å²) in [6.07, 6.45) is -3.06. The number of nitrogens with zero attached hydrogens (tertiary/aromatic N) is 2. The average molecular weight is 418 g/mol. The van der Waals surface area contributed by atoms with Crippen LogP contribution in [-0.2, 0) is 11.2 Å². The maximum absolute atomic E-state index is 13.1. The molecule has 1 N–H and O–H groups in total. The summed E-state index contributed by atoms with van der Waals surface area (Å²) in [5, 5.41) is 9.53. The number of alkyl halides is 2. The van der Waals surface area contributed by atoms with Crippen LogP contribution in [0.3, 0.4) is 0 Å². The first-order chi connectivity index (χ1) is 14.3. The molecular weight excluding hydrogens is 398 g/mol. The van der Waals surface area contributed by atoms with Crippen LogP contribution in [0.1, 0.15) is 22.3 Å². The van der Waals surface area contributed by atoms with E-state index in [-0.39, 0.29) is 35.5 Å². The molecule has 0 radical (unpaired) electrons. The Morgan fingerprint density at radius 2 is 1.67 bits per heavy atom. The van der Waals surface area contributed by atoms with Gasteiger partial charge in [-0.15, -0.1) is 8.78 Å². The molecule has 0 bridgehead atoms. The van der Waals surface area contributed by atoms with E-state index in [1.54, 1.807) is 28.0 Å². The lowest BCUT2D eigenvalue weighted by molar-refractivity contribution is -0.286. The zero-order valence-corrected chi connectivity index (χ0v) is 16.0. The summed E-state index contributed by atoms with van der Waals surface area (Å²) in [5.74, 6) is -0.286. The maximum Gasteiger partial charge on any atom is 0.586 e. The van der Waals surface area contributed by atoms with Gasteiger partial charge in [-0.2, -0.15) is 0 Å². The average Bonchev–Trinajstić information content (AvgIpc) is 3.04. The fraction of sp³-hybridized carbons (Fsp3) is 0.333. The standard InChI is InChI=1S/C21H20F2N2O5/c22-21(23)29-17-6-4-14(12-18(17)30-21)5-7-19(27)24-8-10-25(11-9-24)20(28)15-2-1-3-16(26)13-15/h1-4,6,12-13,26H,5,7-11H2. The van der Waals surface area contributed by atoms with Crippen molar-refractivity contribution in [3.05, 3.63) is 53.6 Å². The molecule has 1 saturated heterocycles. The van der Waals surface area contributed by atoms with Crippen LogP contribution in [0.2, 0.25) is 0 Å². The minimum absolute atomic E-state index is 0.0254. The van der Waals surface area contributed by atoms with Gasteiger partial charge in [0.2, 0.25) is 5.91 Å². The highest BCUT2D eigenvalue weighted by Crippen LogP contribution is 2.41. The van der Waals surface area contributed by atoms with Crippen molar-refractivity contribution in [3.63, 3.8) is 0 Å². The number of phenolic OH excluding ortho intramolecular Hbond substituents is 1. The molecule has 2 aliphatic rings. The number of carbonyl (C=O) groups is 2. The predicted octanol–water partition coefficient (Wildman–Crippen LogP) is 2.63. The van der Waals surface area contributed by atoms with Crippen molar-refractivity contribution in [3.8, 4) is 17.2 Å². The predicted molar refractivity (Wildman–Crippen MR) is 102 cm³/mol. The monoisotopic (exact) mass is 418 g/mol. The highest BCUT2D eigenvalue weighted by molar-refractivity contribution is 5.94. The SMILES string of the molecule is O=C(CCc1ccc2c(c1)OC(F)(F)O2)N1CCN(C(=O)c2cccc(O)c2)CC1. The van der Waals surface area contributed by atoms with E-state index in [4.69, 9.17) is 0 Å². The largest absolute Gasteiger partial charge is 0.586 e. The van der Waals surface area contributed by atoms with E-state index < -0.39 is 6.29 Å². The molecule has 2 heterocycles. The van der Waals surface area contributed by atoms with Crippen molar-refractivity contribution < 1.29 is 33.0 Å². The zero-order chi connectivity index (χ0) is 21.3. The van der Waals surface area contributed by atoms with Crippen LogP contribution in [-0.4, -0.2) is 59.2 Å². The molecule has 0 spiro atoms. The molecule has 2 aromatic carbocycles. The Balaban J connectivity index is 1.28.